The maximum atomic E-state index is 12.7. The Kier molecular flexibility index (Phi) is 3.01. The molecule has 0 aliphatic rings. The Morgan fingerprint density at radius 3 is 2.07 bits per heavy atom. The molecule has 1 aromatic carbocycles. The van der Waals surface area contributed by atoms with E-state index in [0.29, 0.717) is 0 Å². The minimum atomic E-state index is -4.77. The average molecular weight is 215 g/mol. The molecular formula is C10H8F3NO. The Hall–Kier alpha value is -1.54. The van der Waals surface area contributed by atoms with Crippen molar-refractivity contribution in [1.29, 1.82) is 5.26 Å². The number of nitrogens with zero attached hydrogens (tertiary/aromatic N) is 1. The molecule has 1 atom stereocenters. The van der Waals surface area contributed by atoms with Gasteiger partial charge >= 0.3 is 6.18 Å². The molecule has 5 heteroatoms. The highest BCUT2D eigenvalue weighted by Gasteiger charge is 2.57. The van der Waals surface area contributed by atoms with E-state index in [1.807, 2.05) is 0 Å². The smallest absolute Gasteiger partial charge is 0.352 e. The molecule has 0 N–H and O–H groups in total. The van der Waals surface area contributed by atoms with Crippen LogP contribution in [0, 0.1) is 11.3 Å². The third-order valence-corrected chi connectivity index (χ3v) is 2.04. The summed E-state index contributed by atoms with van der Waals surface area (Å²) in [5.74, 6) is 0. The van der Waals surface area contributed by atoms with Gasteiger partial charge in [-0.05, 0) is 0 Å². The van der Waals surface area contributed by atoms with Crippen LogP contribution in [0.5, 0.6) is 0 Å². The minimum absolute atomic E-state index is 0.220. The van der Waals surface area contributed by atoms with Crippen LogP contribution in [0.1, 0.15) is 5.56 Å². The van der Waals surface area contributed by atoms with Gasteiger partial charge in [-0.15, -0.1) is 0 Å². The summed E-state index contributed by atoms with van der Waals surface area (Å²) >= 11 is 0. The van der Waals surface area contributed by atoms with Crippen LogP contribution >= 0.6 is 0 Å². The van der Waals surface area contributed by atoms with E-state index < -0.39 is 11.8 Å². The summed E-state index contributed by atoms with van der Waals surface area (Å²) in [7, 11) is 0.865. The van der Waals surface area contributed by atoms with Gasteiger partial charge in [0.05, 0.1) is 0 Å². The van der Waals surface area contributed by atoms with Gasteiger partial charge in [0.1, 0.15) is 6.07 Å². The van der Waals surface area contributed by atoms with E-state index in [2.05, 4.69) is 4.74 Å². The first-order chi connectivity index (χ1) is 6.98. The van der Waals surface area contributed by atoms with Crippen molar-refractivity contribution in [3.63, 3.8) is 0 Å². The summed E-state index contributed by atoms with van der Waals surface area (Å²) in [6, 6.07) is 8.00. The summed E-state index contributed by atoms with van der Waals surface area (Å²) in [4.78, 5) is 0. The molecule has 1 aromatic rings. The van der Waals surface area contributed by atoms with Gasteiger partial charge in [-0.2, -0.15) is 18.4 Å². The lowest BCUT2D eigenvalue weighted by Gasteiger charge is -2.27. The highest BCUT2D eigenvalue weighted by Crippen LogP contribution is 2.41. The van der Waals surface area contributed by atoms with Crippen LogP contribution in [0.15, 0.2) is 30.3 Å². The molecule has 0 aliphatic heterocycles. The van der Waals surface area contributed by atoms with Gasteiger partial charge in [0.15, 0.2) is 0 Å². The van der Waals surface area contributed by atoms with Crippen LogP contribution in [0.3, 0.4) is 0 Å². The van der Waals surface area contributed by atoms with Crippen LogP contribution < -0.4 is 0 Å². The summed E-state index contributed by atoms with van der Waals surface area (Å²) in [6.07, 6.45) is -4.77. The molecule has 1 rings (SSSR count). The summed E-state index contributed by atoms with van der Waals surface area (Å²) < 4.78 is 42.5. The zero-order valence-electron chi connectivity index (χ0n) is 7.88. The van der Waals surface area contributed by atoms with E-state index in [-0.39, 0.29) is 5.56 Å². The summed E-state index contributed by atoms with van der Waals surface area (Å²) in [6.45, 7) is 0. The average Bonchev–Trinajstić information content (AvgIpc) is 2.20. The molecule has 0 aromatic heterocycles. The number of halogens is 3. The van der Waals surface area contributed by atoms with E-state index >= 15 is 0 Å². The standard InChI is InChI=1S/C10H8F3NO/c1-15-9(7-14,10(11,12)13)8-5-3-2-4-6-8/h2-6H,1H3. The van der Waals surface area contributed by atoms with E-state index in [0.717, 1.165) is 7.11 Å². The maximum absolute atomic E-state index is 12.7. The molecule has 1 unspecified atom stereocenters. The lowest BCUT2D eigenvalue weighted by Crippen LogP contribution is -2.42. The summed E-state index contributed by atoms with van der Waals surface area (Å²) in [5.41, 5.74) is -3.10. The van der Waals surface area contributed by atoms with Crippen molar-refractivity contribution >= 4 is 0 Å². The summed E-state index contributed by atoms with van der Waals surface area (Å²) in [5, 5.41) is 8.67. The van der Waals surface area contributed by atoms with Gasteiger partial charge in [0.25, 0.3) is 5.60 Å². The fraction of sp³-hybridized carbons (Fsp3) is 0.300. The number of hydrogen-bond acceptors (Lipinski definition) is 2. The van der Waals surface area contributed by atoms with Crippen molar-refractivity contribution in [2.24, 2.45) is 0 Å². The van der Waals surface area contributed by atoms with Gasteiger partial charge in [0.2, 0.25) is 0 Å². The van der Waals surface area contributed by atoms with Gasteiger partial charge in [-0.25, -0.2) is 0 Å². The molecule has 0 radical (unpaired) electrons. The predicted molar refractivity (Wildman–Crippen MR) is 46.8 cm³/mol. The highest BCUT2D eigenvalue weighted by molar-refractivity contribution is 5.31. The molecule has 15 heavy (non-hydrogen) atoms. The minimum Gasteiger partial charge on any atom is -0.352 e. The second kappa shape index (κ2) is 3.91. The quantitative estimate of drug-likeness (QED) is 0.759. The molecule has 0 heterocycles. The fourth-order valence-electron chi connectivity index (χ4n) is 1.24. The first-order valence-electron chi connectivity index (χ1n) is 4.06. The first-order valence-corrected chi connectivity index (χ1v) is 4.06. The van der Waals surface area contributed by atoms with Crippen LogP contribution in [0.2, 0.25) is 0 Å². The third-order valence-electron chi connectivity index (χ3n) is 2.04. The molecule has 0 aliphatic carbocycles. The zero-order chi connectivity index (χ0) is 11.5. The van der Waals surface area contributed by atoms with Gasteiger partial charge in [-0.1, -0.05) is 30.3 Å². The number of nitriles is 1. The predicted octanol–water partition coefficient (Wildman–Crippen LogP) is 2.61. The second-order valence-electron chi connectivity index (χ2n) is 2.86. The monoisotopic (exact) mass is 215 g/mol. The topological polar surface area (TPSA) is 33.0 Å². The SMILES string of the molecule is COC(C#N)(c1ccccc1)C(F)(F)F. The van der Waals surface area contributed by atoms with Gasteiger partial charge in [0, 0.05) is 12.7 Å². The fourth-order valence-corrected chi connectivity index (χ4v) is 1.24. The van der Waals surface area contributed by atoms with Gasteiger partial charge < -0.3 is 4.74 Å². The van der Waals surface area contributed by atoms with Crippen molar-refractivity contribution < 1.29 is 17.9 Å². The van der Waals surface area contributed by atoms with Crippen molar-refractivity contribution in [1.82, 2.24) is 0 Å². The van der Waals surface area contributed by atoms with Crippen molar-refractivity contribution in [3.8, 4) is 6.07 Å². The molecule has 0 saturated carbocycles. The van der Waals surface area contributed by atoms with Crippen LogP contribution in [-0.2, 0) is 10.3 Å². The lowest BCUT2D eigenvalue weighted by molar-refractivity contribution is -0.251. The number of hydrogen-bond donors (Lipinski definition) is 0. The van der Waals surface area contributed by atoms with Crippen molar-refractivity contribution in [3.05, 3.63) is 35.9 Å². The molecule has 0 spiro atoms. The van der Waals surface area contributed by atoms with Crippen LogP contribution in [0.4, 0.5) is 13.2 Å². The van der Waals surface area contributed by atoms with E-state index in [1.165, 1.54) is 30.3 Å². The number of methoxy groups -OCH3 is 1. The lowest BCUT2D eigenvalue weighted by atomic mass is 9.94. The molecule has 80 valence electrons. The van der Waals surface area contributed by atoms with Crippen molar-refractivity contribution in [2.75, 3.05) is 7.11 Å². The largest absolute Gasteiger partial charge is 0.435 e. The number of ether oxygens (including phenoxy) is 1. The highest BCUT2D eigenvalue weighted by atomic mass is 19.4. The van der Waals surface area contributed by atoms with Crippen molar-refractivity contribution in [2.45, 2.75) is 11.8 Å². The molecule has 0 amide bonds. The van der Waals surface area contributed by atoms with E-state index in [4.69, 9.17) is 5.26 Å². The number of rotatable bonds is 2. The number of benzene rings is 1. The Balaban J connectivity index is 3.33. The van der Waals surface area contributed by atoms with Crippen LogP contribution in [-0.4, -0.2) is 13.3 Å². The van der Waals surface area contributed by atoms with Gasteiger partial charge in [-0.3, -0.25) is 0 Å². The third kappa shape index (κ3) is 1.81. The van der Waals surface area contributed by atoms with E-state index in [9.17, 15) is 13.2 Å². The molecule has 0 fully saturated rings. The molecule has 0 saturated heterocycles. The normalized spacial score (nSPS) is 15.4. The Bertz CT molecular complexity index is 368. The first kappa shape index (κ1) is 11.5. The second-order valence-corrected chi connectivity index (χ2v) is 2.86. The molecule has 0 bridgehead atoms. The van der Waals surface area contributed by atoms with E-state index in [1.54, 1.807) is 6.07 Å². The number of alkyl halides is 3. The Morgan fingerprint density at radius 2 is 1.73 bits per heavy atom. The van der Waals surface area contributed by atoms with Crippen LogP contribution in [0.25, 0.3) is 0 Å². The maximum Gasteiger partial charge on any atom is 0.435 e. The Labute approximate surface area is 84.9 Å². The Morgan fingerprint density at radius 1 is 1.20 bits per heavy atom. The molecule has 2 nitrogen and oxygen atoms in total. The zero-order valence-corrected chi connectivity index (χ0v) is 7.88. The molecular weight excluding hydrogens is 207 g/mol.